The number of hydrogen-bond donors (Lipinski definition) is 1. The average Bonchev–Trinajstić information content (AvgIpc) is 2.31. The molecule has 2 rings (SSSR count). The zero-order valence-corrected chi connectivity index (χ0v) is 10.6. The van der Waals surface area contributed by atoms with Gasteiger partial charge in [0.1, 0.15) is 0 Å². The molecule has 98 valence electrons. The van der Waals surface area contributed by atoms with E-state index >= 15 is 0 Å². The minimum atomic E-state index is -4.28. The van der Waals surface area contributed by atoms with Gasteiger partial charge in [0.15, 0.2) is 0 Å². The van der Waals surface area contributed by atoms with Crippen LogP contribution in [0.4, 0.5) is 13.2 Å². The number of hydrogen-bond acceptors (Lipinski definition) is 1. The number of nitrogens with one attached hydrogen (secondary N) is 1. The summed E-state index contributed by atoms with van der Waals surface area (Å²) in [7, 11) is 0. The third-order valence-corrected chi connectivity index (χ3v) is 3.61. The zero-order chi connectivity index (χ0) is 13.2. The van der Waals surface area contributed by atoms with E-state index in [1.165, 1.54) is 12.1 Å². The maximum atomic E-state index is 12.6. The zero-order valence-electron chi connectivity index (χ0n) is 9.76. The lowest BCUT2D eigenvalue weighted by Crippen LogP contribution is -2.36. The lowest BCUT2D eigenvalue weighted by molar-refractivity contribution is -0.137. The molecule has 0 bridgehead atoms. The number of piperidine rings is 1. The highest BCUT2D eigenvalue weighted by molar-refractivity contribution is 7.80. The van der Waals surface area contributed by atoms with Crippen molar-refractivity contribution in [3.05, 3.63) is 35.4 Å². The number of halogens is 3. The van der Waals surface area contributed by atoms with E-state index in [0.717, 1.165) is 30.4 Å². The Kier molecular flexibility index (Phi) is 3.90. The van der Waals surface area contributed by atoms with Crippen LogP contribution in [0.1, 0.15) is 24.0 Å². The van der Waals surface area contributed by atoms with E-state index < -0.39 is 11.7 Å². The Morgan fingerprint density at radius 2 is 2.11 bits per heavy atom. The number of thiocarbonyl (C=S) groups is 1. The van der Waals surface area contributed by atoms with E-state index in [9.17, 15) is 13.2 Å². The highest BCUT2D eigenvalue weighted by atomic mass is 32.1. The van der Waals surface area contributed by atoms with E-state index in [-0.39, 0.29) is 5.92 Å². The third kappa shape index (κ3) is 3.22. The van der Waals surface area contributed by atoms with Crippen molar-refractivity contribution in [3.63, 3.8) is 0 Å². The summed E-state index contributed by atoms with van der Waals surface area (Å²) in [6.45, 7) is 0.873. The molecule has 0 aromatic heterocycles. The maximum Gasteiger partial charge on any atom is 0.416 e. The number of benzene rings is 1. The second-order valence-corrected chi connectivity index (χ2v) is 4.97. The first-order chi connectivity index (χ1) is 8.47. The molecule has 18 heavy (non-hydrogen) atoms. The van der Waals surface area contributed by atoms with Crippen LogP contribution < -0.4 is 5.32 Å². The third-order valence-electron chi connectivity index (χ3n) is 3.14. The van der Waals surface area contributed by atoms with Crippen LogP contribution >= 0.6 is 12.2 Å². The minimum absolute atomic E-state index is 0.164. The second-order valence-electron chi connectivity index (χ2n) is 4.53. The molecule has 1 atom stereocenters. The summed E-state index contributed by atoms with van der Waals surface area (Å²) in [6, 6.07) is 5.50. The molecular formula is C13H14F3NS. The SMILES string of the molecule is FC(F)(F)c1cccc(CC2CCCNC2=S)c1. The van der Waals surface area contributed by atoms with E-state index in [1.807, 2.05) is 0 Å². The van der Waals surface area contributed by atoms with Crippen molar-refractivity contribution < 1.29 is 13.2 Å². The van der Waals surface area contributed by atoms with Gasteiger partial charge in [-0.1, -0.05) is 30.4 Å². The fourth-order valence-electron chi connectivity index (χ4n) is 2.19. The molecule has 1 aromatic carbocycles. The molecule has 1 N–H and O–H groups in total. The average molecular weight is 273 g/mol. The molecule has 0 amide bonds. The fourth-order valence-corrected chi connectivity index (χ4v) is 2.49. The summed E-state index contributed by atoms with van der Waals surface area (Å²) in [5.74, 6) is 0.164. The van der Waals surface area contributed by atoms with Gasteiger partial charge in [-0.05, 0) is 30.9 Å². The fraction of sp³-hybridized carbons (Fsp3) is 0.462. The maximum absolute atomic E-state index is 12.6. The predicted octanol–water partition coefficient (Wildman–Crippen LogP) is 3.57. The van der Waals surface area contributed by atoms with Gasteiger partial charge < -0.3 is 5.32 Å². The Balaban J connectivity index is 2.12. The first-order valence-electron chi connectivity index (χ1n) is 5.90. The highest BCUT2D eigenvalue weighted by Gasteiger charge is 2.30. The molecule has 1 aromatic rings. The van der Waals surface area contributed by atoms with Gasteiger partial charge in [0.2, 0.25) is 0 Å². The molecule has 0 radical (unpaired) electrons. The van der Waals surface area contributed by atoms with Crippen LogP contribution in [0, 0.1) is 5.92 Å². The molecule has 0 spiro atoms. The van der Waals surface area contributed by atoms with Gasteiger partial charge in [-0.15, -0.1) is 0 Å². The van der Waals surface area contributed by atoms with Crippen LogP contribution in [0.25, 0.3) is 0 Å². The molecule has 1 nitrogen and oxygen atoms in total. The molecule has 1 aliphatic rings. The largest absolute Gasteiger partial charge is 0.416 e. The topological polar surface area (TPSA) is 12.0 Å². The Morgan fingerprint density at radius 3 is 2.78 bits per heavy atom. The van der Waals surface area contributed by atoms with Gasteiger partial charge in [-0.2, -0.15) is 13.2 Å². The Morgan fingerprint density at radius 1 is 1.33 bits per heavy atom. The Hall–Kier alpha value is -1.10. The second kappa shape index (κ2) is 5.26. The van der Waals surface area contributed by atoms with E-state index in [0.29, 0.717) is 12.0 Å². The number of rotatable bonds is 2. The highest BCUT2D eigenvalue weighted by Crippen LogP contribution is 2.30. The van der Waals surface area contributed by atoms with Gasteiger partial charge in [-0.3, -0.25) is 0 Å². The Bertz CT molecular complexity index is 442. The summed E-state index contributed by atoms with van der Waals surface area (Å²) in [5, 5.41) is 3.11. The standard InChI is InChI=1S/C13H14F3NS/c14-13(15,16)11-5-1-3-9(8-11)7-10-4-2-6-17-12(10)18/h1,3,5,8,10H,2,4,6-7H2,(H,17,18). The first-order valence-corrected chi connectivity index (χ1v) is 6.31. The minimum Gasteiger partial charge on any atom is -0.379 e. The summed E-state index contributed by atoms with van der Waals surface area (Å²) in [5.41, 5.74) is 0.107. The van der Waals surface area contributed by atoms with Gasteiger partial charge in [0, 0.05) is 12.5 Å². The lowest BCUT2D eigenvalue weighted by atomic mass is 9.91. The molecule has 5 heteroatoms. The monoisotopic (exact) mass is 273 g/mol. The number of alkyl halides is 3. The van der Waals surface area contributed by atoms with Crippen LogP contribution in [0.3, 0.4) is 0 Å². The predicted molar refractivity (Wildman–Crippen MR) is 68.5 cm³/mol. The van der Waals surface area contributed by atoms with Crippen molar-refractivity contribution >= 4 is 17.2 Å². The van der Waals surface area contributed by atoms with Crippen molar-refractivity contribution in [3.8, 4) is 0 Å². The molecule has 0 aliphatic carbocycles. The van der Waals surface area contributed by atoms with E-state index in [4.69, 9.17) is 12.2 Å². The normalized spacial score (nSPS) is 20.6. The van der Waals surface area contributed by atoms with Gasteiger partial charge in [0.05, 0.1) is 10.6 Å². The van der Waals surface area contributed by atoms with Crippen LogP contribution in [-0.2, 0) is 12.6 Å². The summed E-state index contributed by atoms with van der Waals surface area (Å²) < 4.78 is 37.8. The van der Waals surface area contributed by atoms with Crippen LogP contribution in [0.5, 0.6) is 0 Å². The molecule has 0 saturated carbocycles. The van der Waals surface area contributed by atoms with Crippen molar-refractivity contribution in [1.82, 2.24) is 5.32 Å². The molecule has 1 saturated heterocycles. The van der Waals surface area contributed by atoms with Crippen molar-refractivity contribution in [2.75, 3.05) is 6.54 Å². The summed E-state index contributed by atoms with van der Waals surface area (Å²) in [4.78, 5) is 0.777. The van der Waals surface area contributed by atoms with E-state index in [1.54, 1.807) is 6.07 Å². The molecule has 1 heterocycles. The molecular weight excluding hydrogens is 259 g/mol. The van der Waals surface area contributed by atoms with Gasteiger partial charge >= 0.3 is 6.18 Å². The molecule has 1 unspecified atom stereocenters. The van der Waals surface area contributed by atoms with Crippen LogP contribution in [-0.4, -0.2) is 11.5 Å². The van der Waals surface area contributed by atoms with Crippen molar-refractivity contribution in [2.45, 2.75) is 25.4 Å². The summed E-state index contributed by atoms with van der Waals surface area (Å²) >= 11 is 5.20. The van der Waals surface area contributed by atoms with Gasteiger partial charge in [-0.25, -0.2) is 0 Å². The van der Waals surface area contributed by atoms with Crippen LogP contribution in [0.15, 0.2) is 24.3 Å². The van der Waals surface area contributed by atoms with Crippen molar-refractivity contribution in [1.29, 1.82) is 0 Å². The summed E-state index contributed by atoms with van der Waals surface area (Å²) in [6.07, 6.45) is -1.73. The smallest absolute Gasteiger partial charge is 0.379 e. The quantitative estimate of drug-likeness (QED) is 0.827. The van der Waals surface area contributed by atoms with Crippen molar-refractivity contribution in [2.24, 2.45) is 5.92 Å². The van der Waals surface area contributed by atoms with E-state index in [2.05, 4.69) is 5.32 Å². The lowest BCUT2D eigenvalue weighted by Gasteiger charge is -2.24. The molecule has 1 aliphatic heterocycles. The molecule has 1 fully saturated rings. The first kappa shape index (κ1) is 13.3. The van der Waals surface area contributed by atoms with Gasteiger partial charge in [0.25, 0.3) is 0 Å². The Labute approximate surface area is 109 Å². The van der Waals surface area contributed by atoms with Crippen LogP contribution in [0.2, 0.25) is 0 Å².